The van der Waals surface area contributed by atoms with Crippen molar-refractivity contribution >= 4 is 5.69 Å². The zero-order chi connectivity index (χ0) is 13.9. The third-order valence-electron chi connectivity index (χ3n) is 3.53. The average molecular weight is 266 g/mol. The van der Waals surface area contributed by atoms with Crippen molar-refractivity contribution in [2.45, 2.75) is 5.92 Å². The molecule has 0 spiro atoms. The maximum atomic E-state index is 9.27. The molecule has 0 amide bonds. The topological polar surface area (TPSA) is 62.0 Å². The van der Waals surface area contributed by atoms with Crippen molar-refractivity contribution in [3.63, 3.8) is 0 Å². The van der Waals surface area contributed by atoms with E-state index in [0.29, 0.717) is 17.4 Å². The fourth-order valence-electron chi connectivity index (χ4n) is 2.44. The summed E-state index contributed by atoms with van der Waals surface area (Å²) < 4.78 is 5.13. The highest BCUT2D eigenvalue weighted by atomic mass is 16.5. The molecule has 20 heavy (non-hydrogen) atoms. The standard InChI is InChI=1S/C15H14N4O/c1-20-15-12(8-16)14(5-7-18-15)19-9-11(10-19)13-4-2-3-6-17-13/h2-7,11H,9-10H2,1H3. The number of hydrogen-bond donors (Lipinski definition) is 0. The lowest BCUT2D eigenvalue weighted by atomic mass is 9.94. The van der Waals surface area contributed by atoms with Gasteiger partial charge in [-0.2, -0.15) is 5.26 Å². The molecule has 0 unspecified atom stereocenters. The van der Waals surface area contributed by atoms with Gasteiger partial charge >= 0.3 is 0 Å². The summed E-state index contributed by atoms with van der Waals surface area (Å²) in [5, 5.41) is 9.27. The molecule has 0 saturated carbocycles. The zero-order valence-corrected chi connectivity index (χ0v) is 11.2. The SMILES string of the molecule is COc1nccc(N2CC(c3ccccn3)C2)c1C#N. The van der Waals surface area contributed by atoms with Crippen LogP contribution in [0.4, 0.5) is 5.69 Å². The van der Waals surface area contributed by atoms with Gasteiger partial charge in [0.15, 0.2) is 0 Å². The zero-order valence-electron chi connectivity index (χ0n) is 11.2. The monoisotopic (exact) mass is 266 g/mol. The highest BCUT2D eigenvalue weighted by Gasteiger charge is 2.31. The molecular weight excluding hydrogens is 252 g/mol. The Hall–Kier alpha value is -2.61. The van der Waals surface area contributed by atoms with Crippen LogP contribution in [0.5, 0.6) is 5.88 Å². The van der Waals surface area contributed by atoms with Crippen LogP contribution in [0.2, 0.25) is 0 Å². The number of nitriles is 1. The molecular formula is C15H14N4O. The van der Waals surface area contributed by atoms with Crippen LogP contribution in [0.3, 0.4) is 0 Å². The number of ether oxygens (including phenoxy) is 1. The van der Waals surface area contributed by atoms with Crippen LogP contribution in [-0.4, -0.2) is 30.2 Å². The van der Waals surface area contributed by atoms with Crippen LogP contribution in [-0.2, 0) is 0 Å². The van der Waals surface area contributed by atoms with Crippen molar-refractivity contribution in [3.05, 3.63) is 47.9 Å². The molecule has 0 atom stereocenters. The fraction of sp³-hybridized carbons (Fsp3) is 0.267. The molecule has 3 rings (SSSR count). The van der Waals surface area contributed by atoms with Gasteiger partial charge in [0.25, 0.3) is 0 Å². The Kier molecular flexibility index (Phi) is 3.21. The lowest BCUT2D eigenvalue weighted by Gasteiger charge is -2.41. The van der Waals surface area contributed by atoms with Gasteiger partial charge < -0.3 is 9.64 Å². The molecule has 1 aliphatic heterocycles. The van der Waals surface area contributed by atoms with Gasteiger partial charge in [0.1, 0.15) is 11.6 Å². The Labute approximate surface area is 117 Å². The van der Waals surface area contributed by atoms with E-state index in [1.54, 1.807) is 6.20 Å². The third kappa shape index (κ3) is 2.05. The summed E-state index contributed by atoms with van der Waals surface area (Å²) >= 11 is 0. The number of hydrogen-bond acceptors (Lipinski definition) is 5. The quantitative estimate of drug-likeness (QED) is 0.849. The van der Waals surface area contributed by atoms with E-state index in [2.05, 4.69) is 20.9 Å². The second-order valence-electron chi connectivity index (χ2n) is 4.68. The van der Waals surface area contributed by atoms with E-state index in [4.69, 9.17) is 4.74 Å². The van der Waals surface area contributed by atoms with Crippen LogP contribution in [0.15, 0.2) is 36.7 Å². The van der Waals surface area contributed by atoms with Crippen LogP contribution < -0.4 is 9.64 Å². The van der Waals surface area contributed by atoms with E-state index in [0.717, 1.165) is 24.5 Å². The van der Waals surface area contributed by atoms with Crippen LogP contribution in [0.25, 0.3) is 0 Å². The summed E-state index contributed by atoms with van der Waals surface area (Å²) in [6, 6.07) is 9.99. The van der Waals surface area contributed by atoms with Crippen molar-refractivity contribution in [2.24, 2.45) is 0 Å². The largest absolute Gasteiger partial charge is 0.480 e. The van der Waals surface area contributed by atoms with Gasteiger partial charge in [-0.15, -0.1) is 0 Å². The van der Waals surface area contributed by atoms with E-state index in [-0.39, 0.29) is 0 Å². The summed E-state index contributed by atoms with van der Waals surface area (Å²) in [7, 11) is 1.53. The molecule has 2 aromatic heterocycles. The first-order valence-electron chi connectivity index (χ1n) is 6.42. The van der Waals surface area contributed by atoms with Crippen molar-refractivity contribution in [2.75, 3.05) is 25.1 Å². The molecule has 0 bridgehead atoms. The van der Waals surface area contributed by atoms with Crippen molar-refractivity contribution in [3.8, 4) is 11.9 Å². The lowest BCUT2D eigenvalue weighted by Crippen LogP contribution is -2.45. The molecule has 2 aromatic rings. The van der Waals surface area contributed by atoms with Crippen LogP contribution in [0, 0.1) is 11.3 Å². The van der Waals surface area contributed by atoms with Gasteiger partial charge in [-0.3, -0.25) is 4.98 Å². The Morgan fingerprint density at radius 2 is 2.10 bits per heavy atom. The normalized spacial score (nSPS) is 14.5. The van der Waals surface area contributed by atoms with E-state index in [9.17, 15) is 5.26 Å². The Balaban J connectivity index is 1.79. The number of methoxy groups -OCH3 is 1. The maximum Gasteiger partial charge on any atom is 0.233 e. The Bertz CT molecular complexity index is 645. The minimum Gasteiger partial charge on any atom is -0.480 e. The molecule has 0 N–H and O–H groups in total. The number of pyridine rings is 2. The number of aromatic nitrogens is 2. The van der Waals surface area contributed by atoms with Gasteiger partial charge in [0.05, 0.1) is 12.8 Å². The predicted molar refractivity (Wildman–Crippen MR) is 74.7 cm³/mol. The summed E-state index contributed by atoms with van der Waals surface area (Å²) in [5.74, 6) is 0.799. The third-order valence-corrected chi connectivity index (χ3v) is 3.53. The molecule has 100 valence electrons. The van der Waals surface area contributed by atoms with Crippen LogP contribution >= 0.6 is 0 Å². The highest BCUT2D eigenvalue weighted by Crippen LogP contribution is 2.34. The summed E-state index contributed by atoms with van der Waals surface area (Å²) in [6.07, 6.45) is 3.48. The summed E-state index contributed by atoms with van der Waals surface area (Å²) in [4.78, 5) is 10.6. The Morgan fingerprint density at radius 3 is 2.75 bits per heavy atom. The van der Waals surface area contributed by atoms with Gasteiger partial charge in [0.2, 0.25) is 5.88 Å². The maximum absolute atomic E-state index is 9.27. The molecule has 5 nitrogen and oxygen atoms in total. The number of anilines is 1. The first kappa shape index (κ1) is 12.4. The second kappa shape index (κ2) is 5.17. The first-order valence-corrected chi connectivity index (χ1v) is 6.42. The van der Waals surface area contributed by atoms with Gasteiger partial charge in [-0.25, -0.2) is 4.98 Å². The minimum atomic E-state index is 0.381. The second-order valence-corrected chi connectivity index (χ2v) is 4.68. The number of nitrogens with zero attached hydrogens (tertiary/aromatic N) is 4. The molecule has 0 aliphatic carbocycles. The van der Waals surface area contributed by atoms with E-state index >= 15 is 0 Å². The van der Waals surface area contributed by atoms with Crippen LogP contribution in [0.1, 0.15) is 17.2 Å². The first-order chi connectivity index (χ1) is 9.83. The van der Waals surface area contributed by atoms with Gasteiger partial charge in [-0.05, 0) is 18.2 Å². The molecule has 1 fully saturated rings. The minimum absolute atomic E-state index is 0.381. The fourth-order valence-corrected chi connectivity index (χ4v) is 2.44. The van der Waals surface area contributed by atoms with E-state index in [1.165, 1.54) is 7.11 Å². The van der Waals surface area contributed by atoms with Gasteiger partial charge in [-0.1, -0.05) is 6.07 Å². The smallest absolute Gasteiger partial charge is 0.233 e. The predicted octanol–water partition coefficient (Wildman–Crippen LogP) is 1.96. The molecule has 0 aromatic carbocycles. The lowest BCUT2D eigenvalue weighted by molar-refractivity contribution is 0.395. The van der Waals surface area contributed by atoms with E-state index < -0.39 is 0 Å². The molecule has 1 aliphatic rings. The number of rotatable bonds is 3. The molecule has 3 heterocycles. The summed E-state index contributed by atoms with van der Waals surface area (Å²) in [5.41, 5.74) is 2.48. The van der Waals surface area contributed by atoms with Gasteiger partial charge in [0, 0.05) is 37.1 Å². The molecule has 1 saturated heterocycles. The molecule has 5 heteroatoms. The molecule has 0 radical (unpaired) electrons. The Morgan fingerprint density at radius 1 is 1.25 bits per heavy atom. The van der Waals surface area contributed by atoms with Crippen molar-refractivity contribution in [1.82, 2.24) is 9.97 Å². The van der Waals surface area contributed by atoms with E-state index in [1.807, 2.05) is 30.5 Å². The van der Waals surface area contributed by atoms with Crippen molar-refractivity contribution in [1.29, 1.82) is 5.26 Å². The van der Waals surface area contributed by atoms with Crippen molar-refractivity contribution < 1.29 is 4.74 Å². The summed E-state index contributed by atoms with van der Waals surface area (Å²) in [6.45, 7) is 1.72. The average Bonchev–Trinajstić information content (AvgIpc) is 2.46. The highest BCUT2D eigenvalue weighted by molar-refractivity contribution is 5.64.